The SMILES string of the molecule is COCOc1ccc(Br)c(C=CC(=O)CC(=O)C=Cc2ccc(O)cc2)c1. The Labute approximate surface area is 166 Å². The molecule has 0 saturated carbocycles. The van der Waals surface area contributed by atoms with E-state index in [1.54, 1.807) is 42.5 Å². The number of phenolic OH excluding ortho intramolecular Hbond substituents is 1. The van der Waals surface area contributed by atoms with Crippen LogP contribution < -0.4 is 4.74 Å². The minimum Gasteiger partial charge on any atom is -0.508 e. The Morgan fingerprint density at radius 3 is 2.37 bits per heavy atom. The fourth-order valence-corrected chi connectivity index (χ4v) is 2.49. The van der Waals surface area contributed by atoms with Crippen LogP contribution in [0.1, 0.15) is 17.5 Å². The number of rotatable bonds is 9. The van der Waals surface area contributed by atoms with Crippen molar-refractivity contribution in [2.24, 2.45) is 0 Å². The number of halogens is 1. The number of allylic oxidation sites excluding steroid dienone is 2. The van der Waals surface area contributed by atoms with Crippen LogP contribution in [0, 0.1) is 0 Å². The van der Waals surface area contributed by atoms with Crippen LogP contribution in [0.5, 0.6) is 11.5 Å². The number of carbonyl (C=O) groups excluding carboxylic acids is 2. The number of methoxy groups -OCH3 is 1. The van der Waals surface area contributed by atoms with Gasteiger partial charge >= 0.3 is 0 Å². The Morgan fingerprint density at radius 2 is 1.70 bits per heavy atom. The number of aromatic hydroxyl groups is 1. The molecule has 0 atom stereocenters. The molecule has 2 aromatic rings. The van der Waals surface area contributed by atoms with Gasteiger partial charge in [-0.2, -0.15) is 0 Å². The number of hydrogen-bond acceptors (Lipinski definition) is 5. The smallest absolute Gasteiger partial charge is 0.188 e. The van der Waals surface area contributed by atoms with E-state index in [0.29, 0.717) is 5.75 Å². The van der Waals surface area contributed by atoms with Crippen molar-refractivity contribution in [1.82, 2.24) is 0 Å². The van der Waals surface area contributed by atoms with Crippen LogP contribution in [0.3, 0.4) is 0 Å². The molecule has 27 heavy (non-hydrogen) atoms. The zero-order valence-corrected chi connectivity index (χ0v) is 16.3. The van der Waals surface area contributed by atoms with Gasteiger partial charge in [0.1, 0.15) is 11.5 Å². The predicted molar refractivity (Wildman–Crippen MR) is 107 cm³/mol. The lowest BCUT2D eigenvalue weighted by atomic mass is 10.1. The molecule has 0 spiro atoms. The second kappa shape index (κ2) is 10.4. The van der Waals surface area contributed by atoms with Crippen LogP contribution in [0.2, 0.25) is 0 Å². The highest BCUT2D eigenvalue weighted by Crippen LogP contribution is 2.24. The molecule has 0 saturated heterocycles. The number of ketones is 2. The maximum atomic E-state index is 12.0. The summed E-state index contributed by atoms with van der Waals surface area (Å²) in [6.07, 6.45) is 5.73. The normalized spacial score (nSPS) is 11.2. The first-order chi connectivity index (χ1) is 13.0. The van der Waals surface area contributed by atoms with E-state index < -0.39 is 0 Å². The molecule has 140 valence electrons. The van der Waals surface area contributed by atoms with Crippen molar-refractivity contribution in [2.45, 2.75) is 6.42 Å². The van der Waals surface area contributed by atoms with Crippen molar-refractivity contribution in [3.63, 3.8) is 0 Å². The van der Waals surface area contributed by atoms with E-state index in [4.69, 9.17) is 9.47 Å². The van der Waals surface area contributed by atoms with E-state index in [0.717, 1.165) is 15.6 Å². The quantitative estimate of drug-likeness (QED) is 0.362. The zero-order chi connectivity index (χ0) is 19.6. The Balaban J connectivity index is 1.94. The minimum absolute atomic E-state index is 0.131. The van der Waals surface area contributed by atoms with Crippen molar-refractivity contribution >= 4 is 39.6 Å². The molecule has 0 aliphatic heterocycles. The zero-order valence-electron chi connectivity index (χ0n) is 14.7. The standard InChI is InChI=1S/C21H19BrO5/c1-26-14-27-20-10-11-21(22)16(12-20)5-9-19(25)13-18(24)8-4-15-2-6-17(23)7-3-15/h2-12,23H,13-14H2,1H3. The third kappa shape index (κ3) is 7.21. The van der Waals surface area contributed by atoms with Crippen LogP contribution in [0.15, 0.2) is 59.1 Å². The minimum atomic E-state index is -0.300. The van der Waals surface area contributed by atoms with Gasteiger partial charge in [-0.3, -0.25) is 9.59 Å². The maximum Gasteiger partial charge on any atom is 0.188 e. The van der Waals surface area contributed by atoms with Gasteiger partial charge in [0, 0.05) is 11.6 Å². The van der Waals surface area contributed by atoms with Crippen LogP contribution in [0.25, 0.3) is 12.2 Å². The van der Waals surface area contributed by atoms with Crippen molar-refractivity contribution < 1.29 is 24.2 Å². The van der Waals surface area contributed by atoms with E-state index in [9.17, 15) is 14.7 Å². The fraction of sp³-hybridized carbons (Fsp3) is 0.143. The molecule has 0 heterocycles. The Bertz CT molecular complexity index is 853. The van der Waals surface area contributed by atoms with E-state index in [1.165, 1.54) is 31.4 Å². The monoisotopic (exact) mass is 430 g/mol. The fourth-order valence-electron chi connectivity index (χ4n) is 2.11. The summed E-state index contributed by atoms with van der Waals surface area (Å²) >= 11 is 3.41. The first-order valence-electron chi connectivity index (χ1n) is 8.10. The van der Waals surface area contributed by atoms with Crippen LogP contribution >= 0.6 is 15.9 Å². The lowest BCUT2D eigenvalue weighted by Crippen LogP contribution is -2.02. The molecule has 0 aliphatic rings. The summed E-state index contributed by atoms with van der Waals surface area (Å²) in [7, 11) is 1.53. The topological polar surface area (TPSA) is 72.8 Å². The summed E-state index contributed by atoms with van der Waals surface area (Å²) in [5.41, 5.74) is 1.52. The van der Waals surface area contributed by atoms with Gasteiger partial charge < -0.3 is 14.6 Å². The highest BCUT2D eigenvalue weighted by atomic mass is 79.9. The Morgan fingerprint density at radius 1 is 1.04 bits per heavy atom. The molecule has 0 fully saturated rings. The third-order valence-electron chi connectivity index (χ3n) is 3.46. The molecular formula is C21H19BrO5. The summed E-state index contributed by atoms with van der Waals surface area (Å²) in [5, 5.41) is 9.22. The van der Waals surface area contributed by atoms with Gasteiger partial charge in [-0.15, -0.1) is 0 Å². The van der Waals surface area contributed by atoms with E-state index >= 15 is 0 Å². The van der Waals surface area contributed by atoms with Gasteiger partial charge in [0.25, 0.3) is 0 Å². The van der Waals surface area contributed by atoms with Gasteiger partial charge in [0.2, 0.25) is 0 Å². The van der Waals surface area contributed by atoms with Crippen molar-refractivity contribution in [3.05, 3.63) is 70.2 Å². The highest BCUT2D eigenvalue weighted by molar-refractivity contribution is 9.10. The van der Waals surface area contributed by atoms with E-state index in [1.807, 2.05) is 0 Å². The summed E-state index contributed by atoms with van der Waals surface area (Å²) in [6.45, 7) is 0.131. The Kier molecular flexibility index (Phi) is 7.98. The summed E-state index contributed by atoms with van der Waals surface area (Å²) in [5.74, 6) is 0.168. The van der Waals surface area contributed by atoms with Gasteiger partial charge in [-0.05, 0) is 53.6 Å². The molecule has 6 heteroatoms. The number of benzene rings is 2. The second-order valence-corrected chi connectivity index (χ2v) is 6.46. The first-order valence-corrected chi connectivity index (χ1v) is 8.89. The molecule has 0 aliphatic carbocycles. The summed E-state index contributed by atoms with van der Waals surface area (Å²) in [4.78, 5) is 23.9. The highest BCUT2D eigenvalue weighted by Gasteiger charge is 2.05. The molecule has 0 radical (unpaired) electrons. The molecule has 2 rings (SSSR count). The molecule has 0 aromatic heterocycles. The largest absolute Gasteiger partial charge is 0.508 e. The molecule has 5 nitrogen and oxygen atoms in total. The van der Waals surface area contributed by atoms with Gasteiger partial charge in [-0.25, -0.2) is 0 Å². The second-order valence-electron chi connectivity index (χ2n) is 5.60. The molecular weight excluding hydrogens is 412 g/mol. The molecule has 0 amide bonds. The Hall–Kier alpha value is -2.70. The molecule has 0 unspecified atom stereocenters. The number of phenols is 1. The van der Waals surface area contributed by atoms with Crippen LogP contribution in [0.4, 0.5) is 0 Å². The average Bonchev–Trinajstić information content (AvgIpc) is 2.66. The van der Waals surface area contributed by atoms with Crippen molar-refractivity contribution in [1.29, 1.82) is 0 Å². The average molecular weight is 431 g/mol. The lowest BCUT2D eigenvalue weighted by Gasteiger charge is -2.06. The van der Waals surface area contributed by atoms with Gasteiger partial charge in [0.05, 0.1) is 6.42 Å². The number of hydrogen-bond donors (Lipinski definition) is 1. The number of carbonyl (C=O) groups is 2. The lowest BCUT2D eigenvalue weighted by molar-refractivity contribution is -0.121. The first kappa shape index (κ1) is 20.6. The third-order valence-corrected chi connectivity index (χ3v) is 4.19. The van der Waals surface area contributed by atoms with Gasteiger partial charge in [0.15, 0.2) is 18.4 Å². The molecule has 2 aromatic carbocycles. The van der Waals surface area contributed by atoms with Crippen molar-refractivity contribution in [3.8, 4) is 11.5 Å². The van der Waals surface area contributed by atoms with Crippen molar-refractivity contribution in [2.75, 3.05) is 13.9 Å². The molecule has 0 bridgehead atoms. The summed E-state index contributed by atoms with van der Waals surface area (Å²) < 4.78 is 11.0. The maximum absolute atomic E-state index is 12.0. The summed E-state index contributed by atoms with van der Waals surface area (Å²) in [6, 6.07) is 11.8. The van der Waals surface area contributed by atoms with E-state index in [-0.39, 0.29) is 30.5 Å². The van der Waals surface area contributed by atoms with Crippen LogP contribution in [-0.4, -0.2) is 30.6 Å². The van der Waals surface area contributed by atoms with Crippen LogP contribution in [-0.2, 0) is 14.3 Å². The number of ether oxygens (including phenoxy) is 2. The predicted octanol–water partition coefficient (Wildman–Crippen LogP) is 4.39. The van der Waals surface area contributed by atoms with Gasteiger partial charge in [-0.1, -0.05) is 40.2 Å². The van der Waals surface area contributed by atoms with E-state index in [2.05, 4.69) is 15.9 Å². The molecule has 1 N–H and O–H groups in total.